The van der Waals surface area contributed by atoms with Crippen LogP contribution in [0.4, 0.5) is 0 Å². The molecule has 88 valence electrons. The largest absolute Gasteiger partial charge is 0.480 e. The minimum absolute atomic E-state index is 0.370. The summed E-state index contributed by atoms with van der Waals surface area (Å²) in [4.78, 5) is 13.0. The fraction of sp³-hybridized carbons (Fsp3) is 0.900. The molecule has 2 N–H and O–H groups in total. The number of carboxylic acid groups (broad SMARTS) is 1. The molecule has 1 fully saturated rings. The van der Waals surface area contributed by atoms with E-state index in [4.69, 9.17) is 5.11 Å². The van der Waals surface area contributed by atoms with E-state index >= 15 is 0 Å². The van der Waals surface area contributed by atoms with Gasteiger partial charge >= 0.3 is 5.97 Å². The Balaban J connectivity index is 2.42. The van der Waals surface area contributed by atoms with Gasteiger partial charge in [0.05, 0.1) is 6.10 Å². The van der Waals surface area contributed by atoms with Gasteiger partial charge in [-0.3, -0.25) is 9.69 Å². The predicted octanol–water partition coefficient (Wildman–Crippen LogP) is 0.649. The molecule has 0 aromatic carbocycles. The highest BCUT2D eigenvalue weighted by Crippen LogP contribution is 2.18. The van der Waals surface area contributed by atoms with Gasteiger partial charge in [0.1, 0.15) is 6.04 Å². The lowest BCUT2D eigenvalue weighted by Crippen LogP contribution is -2.49. The number of piperidine rings is 1. The number of nitrogens with zero attached hydrogens (tertiary/aromatic N) is 1. The van der Waals surface area contributed by atoms with Gasteiger partial charge in [0.2, 0.25) is 0 Å². The Kier molecular flexibility index (Phi) is 5.42. The average molecular weight is 233 g/mol. The Hall–Kier alpha value is -0.260. The van der Waals surface area contributed by atoms with Crippen molar-refractivity contribution in [1.82, 2.24) is 4.90 Å². The second-order valence-electron chi connectivity index (χ2n) is 3.91. The van der Waals surface area contributed by atoms with Gasteiger partial charge in [0.25, 0.3) is 0 Å². The predicted molar refractivity (Wildman–Crippen MR) is 61.2 cm³/mol. The first kappa shape index (κ1) is 12.8. The van der Waals surface area contributed by atoms with Gasteiger partial charge in [0, 0.05) is 6.54 Å². The Bertz CT molecular complexity index is 213. The summed E-state index contributed by atoms with van der Waals surface area (Å²) in [5.41, 5.74) is 0. The van der Waals surface area contributed by atoms with Crippen molar-refractivity contribution in [3.63, 3.8) is 0 Å². The van der Waals surface area contributed by atoms with E-state index in [1.807, 2.05) is 4.90 Å². The molecule has 0 aliphatic carbocycles. The maximum Gasteiger partial charge on any atom is 0.321 e. The number of aliphatic hydroxyl groups excluding tert-OH is 1. The standard InChI is InChI=1S/C10H19NO3S/c1-15-6-2-4-11-5-3-8(12)7-9(11)10(13)14/h8-9,12H,2-7H2,1H3,(H,13,14)/t8-,9+/m0/s1. The van der Waals surface area contributed by atoms with E-state index in [1.165, 1.54) is 0 Å². The number of carbonyl (C=O) groups is 1. The Morgan fingerprint density at radius 1 is 1.60 bits per heavy atom. The number of aliphatic hydroxyl groups is 1. The van der Waals surface area contributed by atoms with Gasteiger partial charge in [-0.05, 0) is 37.8 Å². The summed E-state index contributed by atoms with van der Waals surface area (Å²) >= 11 is 1.78. The topological polar surface area (TPSA) is 60.8 Å². The van der Waals surface area contributed by atoms with Crippen molar-refractivity contribution in [2.24, 2.45) is 0 Å². The van der Waals surface area contributed by atoms with Crippen LogP contribution in [0.3, 0.4) is 0 Å². The Morgan fingerprint density at radius 2 is 2.33 bits per heavy atom. The quantitative estimate of drug-likeness (QED) is 0.683. The van der Waals surface area contributed by atoms with Crippen LogP contribution in [0.1, 0.15) is 19.3 Å². The SMILES string of the molecule is CSCCCN1CC[C@H](O)C[C@@H]1C(=O)O. The molecule has 0 bridgehead atoms. The molecule has 1 rings (SSSR count). The molecule has 0 aromatic heterocycles. The number of hydrogen-bond acceptors (Lipinski definition) is 4. The van der Waals surface area contributed by atoms with Gasteiger partial charge in [0.15, 0.2) is 0 Å². The molecule has 0 amide bonds. The van der Waals surface area contributed by atoms with Crippen molar-refractivity contribution in [2.45, 2.75) is 31.4 Å². The third-order valence-electron chi connectivity index (χ3n) is 2.76. The molecule has 0 unspecified atom stereocenters. The zero-order valence-corrected chi connectivity index (χ0v) is 9.87. The maximum atomic E-state index is 11.0. The molecule has 1 aliphatic heterocycles. The Morgan fingerprint density at radius 3 is 2.93 bits per heavy atom. The van der Waals surface area contributed by atoms with Crippen molar-refractivity contribution in [3.05, 3.63) is 0 Å². The van der Waals surface area contributed by atoms with Gasteiger partial charge in [-0.25, -0.2) is 0 Å². The lowest BCUT2D eigenvalue weighted by Gasteiger charge is -2.35. The van der Waals surface area contributed by atoms with Crippen molar-refractivity contribution in [3.8, 4) is 0 Å². The minimum atomic E-state index is -0.807. The molecule has 0 radical (unpaired) electrons. The maximum absolute atomic E-state index is 11.0. The molecule has 0 aromatic rings. The average Bonchev–Trinajstić information content (AvgIpc) is 2.20. The van der Waals surface area contributed by atoms with Crippen LogP contribution in [0.5, 0.6) is 0 Å². The van der Waals surface area contributed by atoms with Crippen LogP contribution in [0.2, 0.25) is 0 Å². The highest BCUT2D eigenvalue weighted by molar-refractivity contribution is 7.98. The van der Waals surface area contributed by atoms with Gasteiger partial charge in [-0.15, -0.1) is 0 Å². The van der Waals surface area contributed by atoms with Crippen LogP contribution in [0.15, 0.2) is 0 Å². The molecule has 4 nitrogen and oxygen atoms in total. The number of hydrogen-bond donors (Lipinski definition) is 2. The molecule has 1 saturated heterocycles. The number of aliphatic carboxylic acids is 1. The molecule has 2 atom stereocenters. The molecular formula is C10H19NO3S. The van der Waals surface area contributed by atoms with E-state index in [1.54, 1.807) is 11.8 Å². The first-order valence-corrected chi connectivity index (χ1v) is 6.68. The summed E-state index contributed by atoms with van der Waals surface area (Å²) < 4.78 is 0. The molecule has 1 heterocycles. The second kappa shape index (κ2) is 6.35. The summed E-state index contributed by atoms with van der Waals surface area (Å²) in [5.74, 6) is 0.253. The Labute approximate surface area is 94.7 Å². The van der Waals surface area contributed by atoms with E-state index in [-0.39, 0.29) is 0 Å². The number of thioether (sulfide) groups is 1. The summed E-state index contributed by atoms with van der Waals surface area (Å²) in [6.45, 7) is 1.52. The van der Waals surface area contributed by atoms with Crippen LogP contribution in [0, 0.1) is 0 Å². The van der Waals surface area contributed by atoms with Gasteiger partial charge in [-0.1, -0.05) is 0 Å². The van der Waals surface area contributed by atoms with Gasteiger partial charge < -0.3 is 10.2 Å². The normalized spacial score (nSPS) is 27.9. The van der Waals surface area contributed by atoms with E-state index in [2.05, 4.69) is 6.26 Å². The first-order chi connectivity index (χ1) is 7.15. The fourth-order valence-corrected chi connectivity index (χ4v) is 2.35. The van der Waals surface area contributed by atoms with Gasteiger partial charge in [-0.2, -0.15) is 11.8 Å². The van der Waals surface area contributed by atoms with Crippen LogP contribution < -0.4 is 0 Å². The first-order valence-electron chi connectivity index (χ1n) is 5.29. The summed E-state index contributed by atoms with van der Waals surface area (Å²) in [5, 5.41) is 18.4. The van der Waals surface area contributed by atoms with Crippen LogP contribution in [0.25, 0.3) is 0 Å². The summed E-state index contributed by atoms with van der Waals surface area (Å²) in [6, 6.07) is -0.490. The zero-order valence-electron chi connectivity index (χ0n) is 9.06. The molecule has 1 aliphatic rings. The van der Waals surface area contributed by atoms with E-state index in [0.717, 1.165) is 18.7 Å². The summed E-state index contributed by atoms with van der Waals surface area (Å²) in [6.07, 6.45) is 3.69. The zero-order chi connectivity index (χ0) is 11.3. The van der Waals surface area contributed by atoms with Crippen molar-refractivity contribution in [1.29, 1.82) is 0 Å². The number of likely N-dealkylation sites (tertiary alicyclic amines) is 1. The van der Waals surface area contributed by atoms with E-state index in [9.17, 15) is 9.90 Å². The van der Waals surface area contributed by atoms with E-state index in [0.29, 0.717) is 19.4 Å². The highest BCUT2D eigenvalue weighted by atomic mass is 32.2. The van der Waals surface area contributed by atoms with Crippen LogP contribution in [-0.2, 0) is 4.79 Å². The van der Waals surface area contributed by atoms with Crippen molar-refractivity contribution in [2.75, 3.05) is 25.1 Å². The lowest BCUT2D eigenvalue weighted by atomic mass is 9.99. The number of rotatable bonds is 5. The molecule has 5 heteroatoms. The highest BCUT2D eigenvalue weighted by Gasteiger charge is 2.31. The van der Waals surface area contributed by atoms with E-state index < -0.39 is 18.1 Å². The molecule has 15 heavy (non-hydrogen) atoms. The monoisotopic (exact) mass is 233 g/mol. The number of carboxylic acids is 1. The molecular weight excluding hydrogens is 214 g/mol. The summed E-state index contributed by atoms with van der Waals surface area (Å²) in [7, 11) is 0. The lowest BCUT2D eigenvalue weighted by molar-refractivity contribution is -0.146. The minimum Gasteiger partial charge on any atom is -0.480 e. The molecule has 0 saturated carbocycles. The third-order valence-corrected chi connectivity index (χ3v) is 3.46. The van der Waals surface area contributed by atoms with Crippen LogP contribution >= 0.6 is 11.8 Å². The fourth-order valence-electron chi connectivity index (χ4n) is 1.93. The third kappa shape index (κ3) is 4.01. The van der Waals surface area contributed by atoms with Crippen molar-refractivity contribution >= 4 is 17.7 Å². The second-order valence-corrected chi connectivity index (χ2v) is 4.90. The van der Waals surface area contributed by atoms with Crippen LogP contribution in [-0.4, -0.2) is 58.3 Å². The molecule has 0 spiro atoms. The smallest absolute Gasteiger partial charge is 0.321 e. The van der Waals surface area contributed by atoms with Crippen molar-refractivity contribution < 1.29 is 15.0 Å².